The molecule has 4 saturated carbocycles. The van der Waals surface area contributed by atoms with E-state index in [0.717, 1.165) is 42.9 Å². The van der Waals surface area contributed by atoms with Gasteiger partial charge in [0.15, 0.2) is 5.78 Å². The van der Waals surface area contributed by atoms with E-state index < -0.39 is 0 Å². The van der Waals surface area contributed by atoms with Crippen LogP contribution in [0.3, 0.4) is 0 Å². The Bertz CT molecular complexity index is 681. The number of carbonyl (C=O) groups is 1. The number of nitriles is 1. The molecule has 0 saturated heterocycles. The maximum Gasteiger partial charge on any atom is 0.155 e. The Labute approximate surface area is 152 Å². The summed E-state index contributed by atoms with van der Waals surface area (Å²) in [7, 11) is 0. The molecule has 25 heavy (non-hydrogen) atoms. The van der Waals surface area contributed by atoms with Gasteiger partial charge in [-0.2, -0.15) is 5.26 Å². The second-order valence-electron chi connectivity index (χ2n) is 10.4. The Hall–Kier alpha value is -1.10. The molecular formula is C23H31NO. The number of fused-ring (bicyclic) bond motifs is 5. The van der Waals surface area contributed by atoms with Gasteiger partial charge in [-0.3, -0.25) is 4.79 Å². The summed E-state index contributed by atoms with van der Waals surface area (Å²) in [4.78, 5) is 12.1. The van der Waals surface area contributed by atoms with E-state index in [0.29, 0.717) is 17.1 Å². The SMILES string of the molecule is CC1([C@@H]2CC3=CC(=O)CC[C@@H]3[C@H]3CC[C@]4(C)[C@@H](C#N)CC[C@H]4[C@@H]32)CC1. The van der Waals surface area contributed by atoms with Crippen LogP contribution in [0, 0.1) is 57.7 Å². The molecule has 134 valence electrons. The van der Waals surface area contributed by atoms with Gasteiger partial charge < -0.3 is 0 Å². The van der Waals surface area contributed by atoms with Gasteiger partial charge in [-0.05, 0) is 97.9 Å². The molecule has 0 spiro atoms. The normalized spacial score (nSPS) is 50.1. The summed E-state index contributed by atoms with van der Waals surface area (Å²) < 4.78 is 0. The van der Waals surface area contributed by atoms with Crippen molar-refractivity contribution in [2.45, 2.75) is 71.6 Å². The van der Waals surface area contributed by atoms with E-state index in [1.54, 1.807) is 0 Å². The molecule has 0 radical (unpaired) electrons. The Balaban J connectivity index is 1.56. The third kappa shape index (κ3) is 2.17. The molecule has 7 atom stereocenters. The Morgan fingerprint density at radius 3 is 2.60 bits per heavy atom. The van der Waals surface area contributed by atoms with Crippen LogP contribution in [0.2, 0.25) is 0 Å². The maximum atomic E-state index is 12.1. The van der Waals surface area contributed by atoms with Crippen LogP contribution in [0.4, 0.5) is 0 Å². The number of hydrogen-bond acceptors (Lipinski definition) is 2. The van der Waals surface area contributed by atoms with E-state index in [9.17, 15) is 10.1 Å². The standard InChI is InChI=1S/C23H31NO/c1-22(9-10-22)20-12-14-11-16(25)4-5-17(14)18-7-8-23(2)15(13-24)3-6-19(23)21(18)20/h11,15,17-21H,3-10,12H2,1-2H3/t15-,17+,18-,19+,20-,21-,23-/m1/s1. The van der Waals surface area contributed by atoms with Gasteiger partial charge in [-0.25, -0.2) is 0 Å². The third-order valence-corrected chi connectivity index (χ3v) is 9.44. The molecule has 0 aromatic carbocycles. The van der Waals surface area contributed by atoms with E-state index in [1.807, 2.05) is 6.08 Å². The molecule has 0 N–H and O–H groups in total. The summed E-state index contributed by atoms with van der Waals surface area (Å²) in [5, 5.41) is 9.72. The number of allylic oxidation sites excluding steroid dienone is 1. The molecule has 2 nitrogen and oxygen atoms in total. The molecule has 0 aromatic rings. The predicted octanol–water partition coefficient (Wildman–Crippen LogP) is 5.29. The van der Waals surface area contributed by atoms with Crippen molar-refractivity contribution in [2.24, 2.45) is 46.3 Å². The molecule has 0 aliphatic heterocycles. The largest absolute Gasteiger partial charge is 0.295 e. The van der Waals surface area contributed by atoms with E-state index in [-0.39, 0.29) is 11.3 Å². The summed E-state index contributed by atoms with van der Waals surface area (Å²) in [6.45, 7) is 4.94. The number of hydrogen-bond donors (Lipinski definition) is 0. The molecule has 5 aliphatic carbocycles. The van der Waals surface area contributed by atoms with Gasteiger partial charge in [0, 0.05) is 6.42 Å². The molecule has 0 amide bonds. The highest BCUT2D eigenvalue weighted by Gasteiger charge is 2.62. The highest BCUT2D eigenvalue weighted by Crippen LogP contribution is 2.69. The quantitative estimate of drug-likeness (QED) is 0.652. The van der Waals surface area contributed by atoms with Crippen LogP contribution in [0.1, 0.15) is 71.6 Å². The van der Waals surface area contributed by atoms with E-state index in [4.69, 9.17) is 0 Å². The Morgan fingerprint density at radius 2 is 1.88 bits per heavy atom. The minimum Gasteiger partial charge on any atom is -0.295 e. The average molecular weight is 338 g/mol. The van der Waals surface area contributed by atoms with Crippen LogP contribution in [0.5, 0.6) is 0 Å². The predicted molar refractivity (Wildman–Crippen MR) is 97.4 cm³/mol. The van der Waals surface area contributed by atoms with Gasteiger partial charge in [0.1, 0.15) is 0 Å². The van der Waals surface area contributed by atoms with Gasteiger partial charge >= 0.3 is 0 Å². The van der Waals surface area contributed by atoms with Crippen molar-refractivity contribution in [2.75, 3.05) is 0 Å². The molecule has 5 aliphatic rings. The zero-order valence-electron chi connectivity index (χ0n) is 15.8. The lowest BCUT2D eigenvalue weighted by Crippen LogP contribution is -2.51. The first-order valence-electron chi connectivity index (χ1n) is 10.6. The Morgan fingerprint density at radius 1 is 1.08 bits per heavy atom. The van der Waals surface area contributed by atoms with Gasteiger partial charge in [0.05, 0.1) is 12.0 Å². The van der Waals surface area contributed by atoms with Crippen molar-refractivity contribution >= 4 is 5.78 Å². The monoisotopic (exact) mass is 337 g/mol. The fourth-order valence-corrected chi connectivity index (χ4v) is 7.72. The van der Waals surface area contributed by atoms with E-state index in [1.165, 1.54) is 44.1 Å². The van der Waals surface area contributed by atoms with Crippen LogP contribution in [-0.4, -0.2) is 5.78 Å². The number of nitrogens with zero attached hydrogens (tertiary/aromatic N) is 1. The summed E-state index contributed by atoms with van der Waals surface area (Å²) in [5.74, 6) is 4.41. The molecule has 0 unspecified atom stereocenters. The van der Waals surface area contributed by atoms with Crippen molar-refractivity contribution in [3.05, 3.63) is 11.6 Å². The minimum absolute atomic E-state index is 0.255. The number of carbonyl (C=O) groups excluding carboxylic acids is 1. The zero-order chi connectivity index (χ0) is 17.4. The highest BCUT2D eigenvalue weighted by atomic mass is 16.1. The van der Waals surface area contributed by atoms with Crippen LogP contribution in [0.25, 0.3) is 0 Å². The molecule has 0 bridgehead atoms. The lowest BCUT2D eigenvalue weighted by Gasteiger charge is -2.57. The Kier molecular flexibility index (Phi) is 3.36. The number of rotatable bonds is 1. The van der Waals surface area contributed by atoms with Crippen LogP contribution >= 0.6 is 0 Å². The summed E-state index contributed by atoms with van der Waals surface area (Å²) in [6.07, 6.45) is 12.7. The minimum atomic E-state index is 0.255. The first kappa shape index (κ1) is 16.1. The maximum absolute atomic E-state index is 12.1. The lowest BCUT2D eigenvalue weighted by atomic mass is 9.47. The van der Waals surface area contributed by atoms with Gasteiger partial charge in [-0.15, -0.1) is 0 Å². The highest BCUT2D eigenvalue weighted by molar-refractivity contribution is 5.91. The molecular weight excluding hydrogens is 306 g/mol. The smallest absolute Gasteiger partial charge is 0.155 e. The zero-order valence-corrected chi connectivity index (χ0v) is 15.8. The first-order chi connectivity index (χ1) is 12.0. The van der Waals surface area contributed by atoms with Gasteiger partial charge in [-0.1, -0.05) is 19.4 Å². The van der Waals surface area contributed by atoms with Crippen molar-refractivity contribution in [3.8, 4) is 6.07 Å². The number of ketones is 1. The summed E-state index contributed by atoms with van der Waals surface area (Å²) >= 11 is 0. The van der Waals surface area contributed by atoms with Crippen LogP contribution < -0.4 is 0 Å². The molecule has 5 rings (SSSR count). The van der Waals surface area contributed by atoms with Gasteiger partial charge in [0.2, 0.25) is 0 Å². The van der Waals surface area contributed by atoms with Crippen molar-refractivity contribution in [1.82, 2.24) is 0 Å². The summed E-state index contributed by atoms with van der Waals surface area (Å²) in [5.41, 5.74) is 2.28. The van der Waals surface area contributed by atoms with E-state index in [2.05, 4.69) is 19.9 Å². The first-order valence-corrected chi connectivity index (χ1v) is 10.6. The average Bonchev–Trinajstić information content (AvgIpc) is 3.24. The van der Waals surface area contributed by atoms with Crippen LogP contribution in [-0.2, 0) is 4.79 Å². The summed E-state index contributed by atoms with van der Waals surface area (Å²) in [6, 6.07) is 2.67. The molecule has 0 heterocycles. The topological polar surface area (TPSA) is 40.9 Å². The molecule has 4 fully saturated rings. The van der Waals surface area contributed by atoms with E-state index >= 15 is 0 Å². The molecule has 2 heteroatoms. The fraction of sp³-hybridized carbons (Fsp3) is 0.826. The lowest BCUT2D eigenvalue weighted by molar-refractivity contribution is -0.116. The van der Waals surface area contributed by atoms with Crippen LogP contribution in [0.15, 0.2) is 11.6 Å². The van der Waals surface area contributed by atoms with Gasteiger partial charge in [0.25, 0.3) is 0 Å². The second-order valence-corrected chi connectivity index (χ2v) is 10.4. The van der Waals surface area contributed by atoms with Crippen molar-refractivity contribution in [3.63, 3.8) is 0 Å². The van der Waals surface area contributed by atoms with Crippen molar-refractivity contribution in [1.29, 1.82) is 5.26 Å². The van der Waals surface area contributed by atoms with Crippen molar-refractivity contribution < 1.29 is 4.79 Å². The fourth-order valence-electron chi connectivity index (χ4n) is 7.72. The second kappa shape index (κ2) is 5.21. The third-order valence-electron chi connectivity index (χ3n) is 9.44. The molecule has 0 aromatic heterocycles.